The van der Waals surface area contributed by atoms with Gasteiger partial charge in [0.15, 0.2) is 0 Å². The molecule has 1 amide bonds. The lowest BCUT2D eigenvalue weighted by Crippen LogP contribution is -2.45. The number of hydrogen-bond acceptors (Lipinski definition) is 5. The van der Waals surface area contributed by atoms with Gasteiger partial charge in [0.2, 0.25) is 5.91 Å². The van der Waals surface area contributed by atoms with Crippen LogP contribution in [0.5, 0.6) is 0 Å². The number of sulfonamides is 1. The van der Waals surface area contributed by atoms with Crippen LogP contribution in [0.15, 0.2) is 63.5 Å². The van der Waals surface area contributed by atoms with Crippen molar-refractivity contribution in [2.75, 3.05) is 0 Å². The van der Waals surface area contributed by atoms with Crippen LogP contribution in [0, 0.1) is 5.82 Å². The van der Waals surface area contributed by atoms with Gasteiger partial charge in [-0.15, -0.1) is 22.7 Å². The van der Waals surface area contributed by atoms with E-state index in [9.17, 15) is 17.6 Å². The monoisotopic (exact) mass is 424 g/mol. The third kappa shape index (κ3) is 4.81. The number of carbonyl (C=O) groups is 1. The zero-order chi connectivity index (χ0) is 19.4. The number of hydrogen-bond donors (Lipinski definition) is 2. The van der Waals surface area contributed by atoms with Crippen molar-refractivity contribution in [2.24, 2.45) is 0 Å². The molecule has 0 radical (unpaired) electrons. The molecule has 142 valence electrons. The number of carbonyl (C=O) groups excluding carboxylic acids is 1. The Bertz CT molecular complexity index is 985. The molecule has 27 heavy (non-hydrogen) atoms. The molecule has 2 atom stereocenters. The lowest BCUT2D eigenvalue weighted by atomic mass is 10.0. The van der Waals surface area contributed by atoms with E-state index in [2.05, 4.69) is 10.0 Å². The summed E-state index contributed by atoms with van der Waals surface area (Å²) >= 11 is 2.53. The fourth-order valence-corrected chi connectivity index (χ4v) is 5.47. The number of nitrogens with one attached hydrogen (secondary N) is 2. The van der Waals surface area contributed by atoms with Gasteiger partial charge < -0.3 is 5.32 Å². The van der Waals surface area contributed by atoms with Crippen molar-refractivity contribution in [1.29, 1.82) is 0 Å². The number of rotatable bonds is 7. The predicted molar refractivity (Wildman–Crippen MR) is 105 cm³/mol. The molecule has 0 bridgehead atoms. The minimum atomic E-state index is -3.76. The number of amides is 1. The highest BCUT2D eigenvalue weighted by Gasteiger charge is 2.26. The van der Waals surface area contributed by atoms with Gasteiger partial charge >= 0.3 is 0 Å². The van der Waals surface area contributed by atoms with E-state index >= 15 is 0 Å². The summed E-state index contributed by atoms with van der Waals surface area (Å²) in [6.07, 6.45) is 0. The Morgan fingerprint density at radius 3 is 2.30 bits per heavy atom. The molecule has 5 nitrogen and oxygen atoms in total. The van der Waals surface area contributed by atoms with Crippen LogP contribution in [-0.2, 0) is 14.8 Å². The second kappa shape index (κ2) is 8.30. The van der Waals surface area contributed by atoms with Crippen molar-refractivity contribution in [2.45, 2.75) is 23.2 Å². The Balaban J connectivity index is 1.77. The number of halogens is 1. The maximum absolute atomic E-state index is 13.2. The summed E-state index contributed by atoms with van der Waals surface area (Å²) in [5, 5.41) is 6.38. The molecule has 2 N–H and O–H groups in total. The molecule has 1 aromatic carbocycles. The molecule has 0 fully saturated rings. The molecule has 0 aliphatic rings. The molecule has 0 aliphatic carbocycles. The summed E-state index contributed by atoms with van der Waals surface area (Å²) in [6, 6.07) is 11.2. The smallest absolute Gasteiger partial charge is 0.250 e. The Labute approximate surface area is 164 Å². The molecule has 0 aliphatic heterocycles. The van der Waals surface area contributed by atoms with Crippen LogP contribution < -0.4 is 10.0 Å². The summed E-state index contributed by atoms with van der Waals surface area (Å²) in [5.41, 5.74) is 0.709. The summed E-state index contributed by atoms with van der Waals surface area (Å²) in [4.78, 5) is 13.5. The minimum Gasteiger partial charge on any atom is -0.343 e. The van der Waals surface area contributed by atoms with E-state index in [1.807, 2.05) is 17.5 Å². The maximum Gasteiger partial charge on any atom is 0.250 e. The first-order valence-corrected chi connectivity index (χ1v) is 11.3. The topological polar surface area (TPSA) is 75.3 Å². The zero-order valence-corrected chi connectivity index (χ0v) is 16.7. The highest BCUT2D eigenvalue weighted by molar-refractivity contribution is 7.91. The third-order valence-electron chi connectivity index (χ3n) is 3.80. The number of thiophene rings is 2. The van der Waals surface area contributed by atoms with Crippen LogP contribution in [0.1, 0.15) is 23.4 Å². The van der Waals surface area contributed by atoms with E-state index in [1.165, 1.54) is 36.5 Å². The van der Waals surface area contributed by atoms with Gasteiger partial charge in [-0.05, 0) is 47.5 Å². The zero-order valence-electron chi connectivity index (χ0n) is 14.3. The third-order valence-corrected chi connectivity index (χ3v) is 7.68. The SMILES string of the molecule is CC(NS(=O)(=O)c1cccs1)C(=O)NC(c1ccc(F)cc1)c1cccs1. The van der Waals surface area contributed by atoms with Crippen molar-refractivity contribution in [3.8, 4) is 0 Å². The van der Waals surface area contributed by atoms with Crippen molar-refractivity contribution in [1.82, 2.24) is 10.0 Å². The molecule has 3 aromatic rings. The van der Waals surface area contributed by atoms with E-state index in [0.29, 0.717) is 5.56 Å². The molecular weight excluding hydrogens is 407 g/mol. The largest absolute Gasteiger partial charge is 0.343 e. The van der Waals surface area contributed by atoms with E-state index in [1.54, 1.807) is 23.6 Å². The average Bonchev–Trinajstić information content (AvgIpc) is 3.33. The van der Waals surface area contributed by atoms with Crippen molar-refractivity contribution < 1.29 is 17.6 Å². The lowest BCUT2D eigenvalue weighted by molar-refractivity contribution is -0.122. The molecule has 0 saturated carbocycles. The van der Waals surface area contributed by atoms with Crippen LogP contribution in [0.2, 0.25) is 0 Å². The van der Waals surface area contributed by atoms with Gasteiger partial charge in [0, 0.05) is 4.88 Å². The fourth-order valence-electron chi connectivity index (χ4n) is 2.46. The molecular formula is C18H17FN2O3S3. The minimum absolute atomic E-state index is 0.149. The Morgan fingerprint density at radius 2 is 1.70 bits per heavy atom. The molecule has 2 heterocycles. The summed E-state index contributed by atoms with van der Waals surface area (Å²) < 4.78 is 40.4. The predicted octanol–water partition coefficient (Wildman–Crippen LogP) is 3.52. The van der Waals surface area contributed by atoms with Crippen molar-refractivity contribution in [3.05, 3.63) is 75.5 Å². The van der Waals surface area contributed by atoms with Gasteiger partial charge in [0.1, 0.15) is 10.0 Å². The van der Waals surface area contributed by atoms with Crippen LogP contribution in [-0.4, -0.2) is 20.4 Å². The first-order chi connectivity index (χ1) is 12.9. The first-order valence-electron chi connectivity index (χ1n) is 8.02. The van der Waals surface area contributed by atoms with Crippen LogP contribution in [0.25, 0.3) is 0 Å². The van der Waals surface area contributed by atoms with Crippen molar-refractivity contribution in [3.63, 3.8) is 0 Å². The lowest BCUT2D eigenvalue weighted by Gasteiger charge is -2.21. The molecule has 2 unspecified atom stereocenters. The molecule has 9 heteroatoms. The van der Waals surface area contributed by atoms with Crippen LogP contribution in [0.4, 0.5) is 4.39 Å². The maximum atomic E-state index is 13.2. The van der Waals surface area contributed by atoms with Crippen LogP contribution >= 0.6 is 22.7 Å². The van der Waals surface area contributed by atoms with Gasteiger partial charge in [-0.1, -0.05) is 24.3 Å². The van der Waals surface area contributed by atoms with Crippen molar-refractivity contribution >= 4 is 38.6 Å². The van der Waals surface area contributed by atoms with Gasteiger partial charge in [-0.25, -0.2) is 12.8 Å². The average molecular weight is 425 g/mol. The second-order valence-electron chi connectivity index (χ2n) is 5.78. The summed E-state index contributed by atoms with van der Waals surface area (Å²) in [5.74, 6) is -0.843. The molecule has 3 rings (SSSR count). The highest BCUT2D eigenvalue weighted by Crippen LogP contribution is 2.26. The molecule has 0 spiro atoms. The first kappa shape index (κ1) is 19.7. The Kier molecular flexibility index (Phi) is 6.05. The van der Waals surface area contributed by atoms with Crippen LogP contribution in [0.3, 0.4) is 0 Å². The fraction of sp³-hybridized carbons (Fsp3) is 0.167. The van der Waals surface area contributed by atoms with E-state index in [4.69, 9.17) is 0 Å². The van der Waals surface area contributed by atoms with Gasteiger partial charge in [0.05, 0.1) is 12.1 Å². The highest BCUT2D eigenvalue weighted by atomic mass is 32.2. The summed E-state index contributed by atoms with van der Waals surface area (Å²) in [6.45, 7) is 1.48. The molecule has 0 saturated heterocycles. The van der Waals surface area contributed by atoms with E-state index in [0.717, 1.165) is 16.2 Å². The summed E-state index contributed by atoms with van der Waals surface area (Å²) in [7, 11) is -3.76. The number of benzene rings is 1. The van der Waals surface area contributed by atoms with E-state index < -0.39 is 28.0 Å². The standard InChI is InChI=1S/C18H17FN2O3S3/c1-12(21-27(23,24)16-5-3-11-26-16)18(22)20-17(15-4-2-10-25-15)13-6-8-14(19)9-7-13/h2-12,17,21H,1H3,(H,20,22). The molecule has 2 aromatic heterocycles. The normalized spacial score (nSPS) is 13.9. The van der Waals surface area contributed by atoms with E-state index in [-0.39, 0.29) is 10.0 Å². The van der Waals surface area contributed by atoms with Gasteiger partial charge in [0.25, 0.3) is 10.0 Å². The van der Waals surface area contributed by atoms with Gasteiger partial charge in [-0.3, -0.25) is 4.79 Å². The Morgan fingerprint density at radius 1 is 1.04 bits per heavy atom. The Hall–Kier alpha value is -2.07. The second-order valence-corrected chi connectivity index (χ2v) is 9.65. The van der Waals surface area contributed by atoms with Gasteiger partial charge in [-0.2, -0.15) is 4.72 Å². The quantitative estimate of drug-likeness (QED) is 0.609.